The quantitative estimate of drug-likeness (QED) is 0.516. The second-order valence-corrected chi connectivity index (χ2v) is 3.47. The van der Waals surface area contributed by atoms with E-state index in [4.69, 9.17) is 5.11 Å². The van der Waals surface area contributed by atoms with Crippen molar-refractivity contribution >= 4 is 5.69 Å². The molecule has 10 heteroatoms. The minimum atomic E-state index is -5.22. The second kappa shape index (κ2) is 4.68. The first kappa shape index (κ1) is 15.2. The Morgan fingerprint density at radius 3 is 2.05 bits per heavy atom. The molecule has 0 unspecified atom stereocenters. The van der Waals surface area contributed by atoms with Crippen LogP contribution in [-0.2, 0) is 6.18 Å². The van der Waals surface area contributed by atoms with E-state index in [2.05, 4.69) is 0 Å². The summed E-state index contributed by atoms with van der Waals surface area (Å²) < 4.78 is 73.5. The molecule has 0 aliphatic heterocycles. The van der Waals surface area contributed by atoms with Crippen molar-refractivity contribution < 1.29 is 36.4 Å². The van der Waals surface area contributed by atoms with E-state index in [-0.39, 0.29) is 18.2 Å². The van der Waals surface area contributed by atoms with Crippen LogP contribution in [0.15, 0.2) is 18.2 Å². The Hall–Kier alpha value is -1.84. The van der Waals surface area contributed by atoms with Gasteiger partial charge in [-0.2, -0.15) is 26.3 Å². The summed E-state index contributed by atoms with van der Waals surface area (Å²) in [4.78, 5) is 9.07. The number of nitro benzene ring substituents is 1. The van der Waals surface area contributed by atoms with E-state index >= 15 is 0 Å². The lowest BCUT2D eigenvalue weighted by molar-refractivity contribution is -0.387. The molecule has 0 saturated carbocycles. The molecule has 0 fully saturated rings. The first-order valence-corrected chi connectivity index (χ1v) is 4.55. The summed E-state index contributed by atoms with van der Waals surface area (Å²) in [7, 11) is 0. The van der Waals surface area contributed by atoms with Crippen LogP contribution in [-0.4, -0.2) is 16.2 Å². The van der Waals surface area contributed by atoms with Crippen molar-refractivity contribution in [2.45, 2.75) is 18.5 Å². The van der Waals surface area contributed by atoms with Crippen molar-refractivity contribution in [3.8, 4) is 0 Å². The minimum absolute atomic E-state index is 0.0513. The second-order valence-electron chi connectivity index (χ2n) is 3.47. The molecule has 0 spiro atoms. The highest BCUT2D eigenvalue weighted by Crippen LogP contribution is 2.39. The summed E-state index contributed by atoms with van der Waals surface area (Å²) in [6, 6.07) is 0.417. The zero-order chi connectivity index (χ0) is 15.0. The maximum Gasteiger partial charge on any atom is 0.418 e. The van der Waals surface area contributed by atoms with Crippen molar-refractivity contribution in [2.75, 3.05) is 0 Å². The Bertz CT molecular complexity index is 496. The van der Waals surface area contributed by atoms with Crippen LogP contribution in [0.25, 0.3) is 0 Å². The van der Waals surface area contributed by atoms with Crippen LogP contribution in [0.5, 0.6) is 0 Å². The summed E-state index contributed by atoms with van der Waals surface area (Å²) in [5.41, 5.74) is -4.16. The number of hydrogen-bond donors (Lipinski definition) is 1. The molecule has 0 saturated heterocycles. The van der Waals surface area contributed by atoms with Gasteiger partial charge < -0.3 is 5.11 Å². The van der Waals surface area contributed by atoms with Gasteiger partial charge in [-0.15, -0.1) is 0 Å². The SMILES string of the molecule is O=[N+]([O-])c1cc(C(F)(F)F)ccc1[C@H](O)C(F)(F)F. The van der Waals surface area contributed by atoms with E-state index in [1.807, 2.05) is 0 Å². The molecule has 0 amide bonds. The van der Waals surface area contributed by atoms with Crippen LogP contribution >= 0.6 is 0 Å². The first-order valence-electron chi connectivity index (χ1n) is 4.55. The maximum absolute atomic E-state index is 12.3. The normalized spacial score (nSPS) is 14.3. The molecule has 106 valence electrons. The zero-order valence-electron chi connectivity index (χ0n) is 8.79. The monoisotopic (exact) mass is 289 g/mol. The molecule has 0 radical (unpaired) electrons. The van der Waals surface area contributed by atoms with Gasteiger partial charge >= 0.3 is 12.4 Å². The fourth-order valence-electron chi connectivity index (χ4n) is 1.29. The van der Waals surface area contributed by atoms with Gasteiger partial charge in [0.15, 0.2) is 6.10 Å². The fraction of sp³-hybridized carbons (Fsp3) is 0.333. The first-order chi connectivity index (χ1) is 8.44. The summed E-state index contributed by atoms with van der Waals surface area (Å²) >= 11 is 0. The average Bonchev–Trinajstić information content (AvgIpc) is 2.24. The molecule has 1 N–H and O–H groups in total. The van der Waals surface area contributed by atoms with E-state index in [1.165, 1.54) is 0 Å². The third-order valence-corrected chi connectivity index (χ3v) is 2.16. The van der Waals surface area contributed by atoms with E-state index in [0.29, 0.717) is 0 Å². The third-order valence-electron chi connectivity index (χ3n) is 2.16. The van der Waals surface area contributed by atoms with Gasteiger partial charge in [0.05, 0.1) is 16.1 Å². The molecule has 0 aliphatic rings. The largest absolute Gasteiger partial charge is 0.418 e. The lowest BCUT2D eigenvalue weighted by atomic mass is 10.0. The molecule has 4 nitrogen and oxygen atoms in total. The highest BCUT2D eigenvalue weighted by molar-refractivity contribution is 5.46. The van der Waals surface area contributed by atoms with E-state index < -0.39 is 40.2 Å². The zero-order valence-corrected chi connectivity index (χ0v) is 8.79. The lowest BCUT2D eigenvalue weighted by Crippen LogP contribution is -2.21. The molecule has 1 aromatic rings. The molecule has 0 aliphatic carbocycles. The smallest absolute Gasteiger partial charge is 0.379 e. The molecule has 0 aromatic heterocycles. The van der Waals surface area contributed by atoms with Gasteiger partial charge in [0.1, 0.15) is 0 Å². The number of rotatable bonds is 2. The number of hydrogen-bond acceptors (Lipinski definition) is 3. The van der Waals surface area contributed by atoms with Crippen molar-refractivity contribution in [3.63, 3.8) is 0 Å². The standard InChI is InChI=1S/C9H5F6NO3/c10-8(11,12)4-1-2-5(6(3-4)16(18)19)7(17)9(13,14)15/h1-3,7,17H/t7-/m0/s1. The van der Waals surface area contributed by atoms with Crippen LogP contribution in [0.4, 0.5) is 32.0 Å². The van der Waals surface area contributed by atoms with Crippen molar-refractivity contribution in [1.29, 1.82) is 0 Å². The number of halogens is 6. The van der Waals surface area contributed by atoms with E-state index in [0.717, 1.165) is 0 Å². The topological polar surface area (TPSA) is 63.4 Å². The van der Waals surface area contributed by atoms with Gasteiger partial charge in [-0.25, -0.2) is 0 Å². The summed E-state index contributed by atoms with van der Waals surface area (Å²) in [6.07, 6.45) is -13.4. The summed E-state index contributed by atoms with van der Waals surface area (Å²) in [6.45, 7) is 0. The third kappa shape index (κ3) is 3.34. The molecule has 19 heavy (non-hydrogen) atoms. The predicted octanol–water partition coefficient (Wildman–Crippen LogP) is 3.21. The average molecular weight is 289 g/mol. The van der Waals surface area contributed by atoms with E-state index in [9.17, 15) is 36.5 Å². The molecule has 1 rings (SSSR count). The van der Waals surface area contributed by atoms with E-state index in [1.54, 1.807) is 0 Å². The molecule has 0 bridgehead atoms. The van der Waals surface area contributed by atoms with Gasteiger partial charge in [0, 0.05) is 6.07 Å². The van der Waals surface area contributed by atoms with Gasteiger partial charge in [0.2, 0.25) is 0 Å². The number of aliphatic hydroxyl groups is 1. The van der Waals surface area contributed by atoms with Crippen LogP contribution in [0.3, 0.4) is 0 Å². The molecule has 0 heterocycles. The summed E-state index contributed by atoms with van der Waals surface area (Å²) in [5.74, 6) is 0. The Morgan fingerprint density at radius 2 is 1.68 bits per heavy atom. The van der Waals surface area contributed by atoms with Gasteiger partial charge in [-0.05, 0) is 12.1 Å². The highest BCUT2D eigenvalue weighted by atomic mass is 19.4. The number of aliphatic hydroxyl groups excluding tert-OH is 1. The number of nitro groups is 1. The highest BCUT2D eigenvalue weighted by Gasteiger charge is 2.43. The number of benzene rings is 1. The molecule has 1 atom stereocenters. The Morgan fingerprint density at radius 1 is 1.16 bits per heavy atom. The van der Waals surface area contributed by atoms with Gasteiger partial charge in [0.25, 0.3) is 5.69 Å². The number of nitrogens with zero attached hydrogens (tertiary/aromatic N) is 1. The Labute approximate surface area is 101 Å². The van der Waals surface area contributed by atoms with Crippen molar-refractivity contribution in [2.24, 2.45) is 0 Å². The molecule has 1 aromatic carbocycles. The number of alkyl halides is 6. The Balaban J connectivity index is 3.39. The van der Waals surface area contributed by atoms with Gasteiger partial charge in [-0.3, -0.25) is 10.1 Å². The van der Waals surface area contributed by atoms with Crippen LogP contribution in [0.1, 0.15) is 17.2 Å². The lowest BCUT2D eigenvalue weighted by Gasteiger charge is -2.15. The molecular weight excluding hydrogens is 284 g/mol. The van der Waals surface area contributed by atoms with Crippen molar-refractivity contribution in [3.05, 3.63) is 39.4 Å². The fourth-order valence-corrected chi connectivity index (χ4v) is 1.29. The van der Waals surface area contributed by atoms with Crippen molar-refractivity contribution in [1.82, 2.24) is 0 Å². The summed E-state index contributed by atoms with van der Waals surface area (Å²) in [5, 5.41) is 19.4. The molecular formula is C9H5F6NO3. The van der Waals surface area contributed by atoms with Crippen LogP contribution < -0.4 is 0 Å². The Kier molecular flexibility index (Phi) is 3.75. The van der Waals surface area contributed by atoms with Gasteiger partial charge in [-0.1, -0.05) is 0 Å². The van der Waals surface area contributed by atoms with Crippen LogP contribution in [0.2, 0.25) is 0 Å². The maximum atomic E-state index is 12.3. The minimum Gasteiger partial charge on any atom is -0.379 e. The predicted molar refractivity (Wildman–Crippen MR) is 49.1 cm³/mol. The van der Waals surface area contributed by atoms with Crippen LogP contribution in [0, 0.1) is 10.1 Å².